The van der Waals surface area contributed by atoms with Crippen molar-refractivity contribution in [3.05, 3.63) is 47.2 Å². The smallest absolute Gasteiger partial charge is 0.352 e. The van der Waals surface area contributed by atoms with Crippen LogP contribution in [-0.4, -0.2) is 15.6 Å². The molecule has 5 heteroatoms. The summed E-state index contributed by atoms with van der Waals surface area (Å²) in [7, 11) is 1.46. The van der Waals surface area contributed by atoms with Crippen LogP contribution >= 0.6 is 0 Å². The number of carbonyl (C=O) groups is 1. The van der Waals surface area contributed by atoms with E-state index in [-0.39, 0.29) is 17.0 Å². The maximum Gasteiger partial charge on any atom is 0.352 e. The van der Waals surface area contributed by atoms with Gasteiger partial charge in [0.15, 0.2) is 0 Å². The Kier molecular flexibility index (Phi) is 2.90. The Morgan fingerprint density at radius 2 is 1.89 bits per heavy atom. The van der Waals surface area contributed by atoms with Gasteiger partial charge in [0.05, 0.1) is 11.3 Å². The molecule has 1 heterocycles. The zero-order valence-corrected chi connectivity index (χ0v) is 9.87. The molecule has 1 aromatic carbocycles. The fourth-order valence-corrected chi connectivity index (χ4v) is 1.87. The summed E-state index contributed by atoms with van der Waals surface area (Å²) in [5.74, 6) is -2.53. The highest BCUT2D eigenvalue weighted by Crippen LogP contribution is 2.29. The molecule has 1 N–H and O–H groups in total. The second kappa shape index (κ2) is 4.25. The van der Waals surface area contributed by atoms with E-state index in [0.29, 0.717) is 5.56 Å². The van der Waals surface area contributed by atoms with Crippen LogP contribution in [0.15, 0.2) is 24.3 Å². The van der Waals surface area contributed by atoms with E-state index in [1.54, 1.807) is 0 Å². The molecule has 18 heavy (non-hydrogen) atoms. The summed E-state index contributed by atoms with van der Waals surface area (Å²) in [5.41, 5.74) is 0.283. The average Bonchev–Trinajstić information content (AvgIpc) is 2.67. The summed E-state index contributed by atoms with van der Waals surface area (Å²) in [6.07, 6.45) is 0. The topological polar surface area (TPSA) is 42.2 Å². The Balaban J connectivity index is 2.70. The first kappa shape index (κ1) is 12.3. The van der Waals surface area contributed by atoms with E-state index in [0.717, 1.165) is 0 Å². The summed E-state index contributed by atoms with van der Waals surface area (Å²) in [4.78, 5) is 10.9. The largest absolute Gasteiger partial charge is 0.477 e. The van der Waals surface area contributed by atoms with Crippen molar-refractivity contribution in [1.29, 1.82) is 0 Å². The number of rotatable bonds is 2. The van der Waals surface area contributed by atoms with E-state index in [2.05, 4.69) is 0 Å². The number of nitrogens with zero attached hydrogens (tertiary/aromatic N) is 1. The summed E-state index contributed by atoms with van der Waals surface area (Å²) in [5, 5.41) is 8.91. The molecule has 94 valence electrons. The predicted octanol–water partition coefficient (Wildman–Crippen LogP) is 2.98. The van der Waals surface area contributed by atoms with Crippen molar-refractivity contribution in [2.45, 2.75) is 6.92 Å². The molecule has 0 spiro atoms. The Hall–Kier alpha value is -2.17. The molecule has 0 aliphatic heterocycles. The second-order valence-corrected chi connectivity index (χ2v) is 4.02. The lowest BCUT2D eigenvalue weighted by Gasteiger charge is -2.09. The molecule has 1 aromatic heterocycles. The minimum absolute atomic E-state index is 0.0229. The number of carboxylic acids is 1. The molecule has 0 aliphatic rings. The number of halogens is 2. The van der Waals surface area contributed by atoms with Gasteiger partial charge in [-0.05, 0) is 30.7 Å². The van der Waals surface area contributed by atoms with E-state index in [9.17, 15) is 13.6 Å². The molecule has 0 fully saturated rings. The first-order chi connectivity index (χ1) is 8.43. The first-order valence-electron chi connectivity index (χ1n) is 5.27. The highest BCUT2D eigenvalue weighted by Gasteiger charge is 2.19. The fourth-order valence-electron chi connectivity index (χ4n) is 1.87. The molecular weight excluding hydrogens is 240 g/mol. The number of aryl methyl sites for hydroxylation is 1. The molecule has 0 unspecified atom stereocenters. The number of hydrogen-bond donors (Lipinski definition) is 1. The maximum absolute atomic E-state index is 13.9. The van der Waals surface area contributed by atoms with Crippen LogP contribution in [0.1, 0.15) is 16.1 Å². The van der Waals surface area contributed by atoms with Gasteiger partial charge in [-0.2, -0.15) is 0 Å². The van der Waals surface area contributed by atoms with Gasteiger partial charge in [-0.3, -0.25) is 0 Å². The van der Waals surface area contributed by atoms with E-state index in [1.807, 2.05) is 0 Å². The van der Waals surface area contributed by atoms with Crippen LogP contribution in [0.25, 0.3) is 11.3 Å². The molecule has 0 amide bonds. The third kappa shape index (κ3) is 1.77. The van der Waals surface area contributed by atoms with Gasteiger partial charge in [0.1, 0.15) is 17.3 Å². The summed E-state index contributed by atoms with van der Waals surface area (Å²) < 4.78 is 28.9. The van der Waals surface area contributed by atoms with Crippen LogP contribution in [0.2, 0.25) is 0 Å². The molecule has 0 atom stereocenters. The Labute approximate surface area is 102 Å². The van der Waals surface area contributed by atoms with Gasteiger partial charge >= 0.3 is 5.97 Å². The lowest BCUT2D eigenvalue weighted by atomic mass is 10.1. The van der Waals surface area contributed by atoms with Crippen molar-refractivity contribution in [2.75, 3.05) is 0 Å². The minimum atomic E-state index is -1.14. The molecule has 0 bridgehead atoms. The lowest BCUT2D eigenvalue weighted by Crippen LogP contribution is -2.06. The number of aromatic carboxylic acids is 1. The number of carboxylic acid groups (broad SMARTS) is 1. The van der Waals surface area contributed by atoms with Crippen LogP contribution in [0, 0.1) is 18.6 Å². The third-order valence-corrected chi connectivity index (χ3v) is 2.88. The molecule has 0 saturated heterocycles. The summed E-state index contributed by atoms with van der Waals surface area (Å²) >= 11 is 0. The fraction of sp³-hybridized carbons (Fsp3) is 0.154. The highest BCUT2D eigenvalue weighted by atomic mass is 19.1. The van der Waals surface area contributed by atoms with E-state index >= 15 is 0 Å². The maximum atomic E-state index is 13.9. The minimum Gasteiger partial charge on any atom is -0.477 e. The van der Waals surface area contributed by atoms with Crippen molar-refractivity contribution in [1.82, 2.24) is 4.57 Å². The van der Waals surface area contributed by atoms with Gasteiger partial charge in [-0.1, -0.05) is 6.07 Å². The Morgan fingerprint density at radius 1 is 1.22 bits per heavy atom. The van der Waals surface area contributed by atoms with Crippen molar-refractivity contribution < 1.29 is 18.7 Å². The van der Waals surface area contributed by atoms with Crippen molar-refractivity contribution in [2.24, 2.45) is 7.05 Å². The lowest BCUT2D eigenvalue weighted by molar-refractivity contribution is 0.0686. The van der Waals surface area contributed by atoms with Crippen LogP contribution in [0.5, 0.6) is 0 Å². The molecule has 2 aromatic rings. The molecule has 0 saturated carbocycles. The van der Waals surface area contributed by atoms with Gasteiger partial charge < -0.3 is 9.67 Å². The van der Waals surface area contributed by atoms with Crippen LogP contribution < -0.4 is 0 Å². The monoisotopic (exact) mass is 251 g/mol. The van der Waals surface area contributed by atoms with Crippen LogP contribution in [0.3, 0.4) is 0 Å². The highest BCUT2D eigenvalue weighted by molar-refractivity contribution is 5.87. The van der Waals surface area contributed by atoms with Gasteiger partial charge in [0.2, 0.25) is 0 Å². The van der Waals surface area contributed by atoms with Crippen LogP contribution in [0.4, 0.5) is 8.78 Å². The quantitative estimate of drug-likeness (QED) is 0.891. The first-order valence-corrected chi connectivity index (χ1v) is 5.27. The summed E-state index contributed by atoms with van der Waals surface area (Å²) in [6.45, 7) is 1.53. The Morgan fingerprint density at radius 3 is 2.44 bits per heavy atom. The Bertz CT molecular complexity index is 632. The standard InChI is InChI=1S/C13H11F2NO2/c1-7-3-4-8(14)11(12(7)15)9-5-6-10(13(17)18)16(9)2/h3-6H,1-2H3,(H,17,18). The van der Waals surface area contributed by atoms with Crippen molar-refractivity contribution in [3.63, 3.8) is 0 Å². The van der Waals surface area contributed by atoms with Gasteiger partial charge in [0, 0.05) is 7.05 Å². The van der Waals surface area contributed by atoms with E-state index in [1.165, 1.54) is 42.8 Å². The number of hydrogen-bond acceptors (Lipinski definition) is 1. The average molecular weight is 251 g/mol. The van der Waals surface area contributed by atoms with Gasteiger partial charge in [-0.15, -0.1) is 0 Å². The zero-order chi connectivity index (χ0) is 13.4. The van der Waals surface area contributed by atoms with Gasteiger partial charge in [-0.25, -0.2) is 13.6 Å². The molecule has 0 radical (unpaired) electrons. The number of benzene rings is 1. The normalized spacial score (nSPS) is 10.7. The SMILES string of the molecule is Cc1ccc(F)c(-c2ccc(C(=O)O)n2C)c1F. The van der Waals surface area contributed by atoms with Crippen LogP contribution in [-0.2, 0) is 7.05 Å². The zero-order valence-electron chi connectivity index (χ0n) is 9.87. The van der Waals surface area contributed by atoms with Crippen molar-refractivity contribution >= 4 is 5.97 Å². The van der Waals surface area contributed by atoms with Crippen molar-refractivity contribution in [3.8, 4) is 11.3 Å². The van der Waals surface area contributed by atoms with E-state index in [4.69, 9.17) is 5.11 Å². The number of aromatic nitrogens is 1. The predicted molar refractivity (Wildman–Crippen MR) is 62.5 cm³/mol. The molecule has 0 aliphatic carbocycles. The molecular formula is C13H11F2NO2. The molecule has 2 rings (SSSR count). The second-order valence-electron chi connectivity index (χ2n) is 4.02. The third-order valence-electron chi connectivity index (χ3n) is 2.88. The summed E-state index contributed by atoms with van der Waals surface area (Å²) in [6, 6.07) is 5.22. The van der Waals surface area contributed by atoms with Gasteiger partial charge in [0.25, 0.3) is 0 Å². The van der Waals surface area contributed by atoms with E-state index < -0.39 is 17.6 Å². The molecule has 3 nitrogen and oxygen atoms in total.